The highest BCUT2D eigenvalue weighted by atomic mass is 16.5. The van der Waals surface area contributed by atoms with E-state index < -0.39 is 29.9 Å². The number of ether oxygens (including phenoxy) is 1. The number of aliphatic hydroxyl groups excluding tert-OH is 1. The highest BCUT2D eigenvalue weighted by Crippen LogP contribution is 2.15. The number of aliphatic hydroxyl groups is 1. The van der Waals surface area contributed by atoms with Crippen molar-refractivity contribution in [3.05, 3.63) is 0 Å². The zero-order chi connectivity index (χ0) is 21.0. The summed E-state index contributed by atoms with van der Waals surface area (Å²) in [5.41, 5.74) is 0. The van der Waals surface area contributed by atoms with Gasteiger partial charge in [-0.05, 0) is 5.92 Å². The molecule has 4 N–H and O–H groups in total. The van der Waals surface area contributed by atoms with Crippen LogP contribution in [0.25, 0.3) is 0 Å². The van der Waals surface area contributed by atoms with E-state index in [1.807, 2.05) is 0 Å². The molecule has 0 saturated carbocycles. The third-order valence-electron chi connectivity index (χ3n) is 4.10. The predicted molar refractivity (Wildman–Crippen MR) is 98.0 cm³/mol. The monoisotopic (exact) mass is 388 g/mol. The molecule has 9 nitrogen and oxygen atoms in total. The fourth-order valence-corrected chi connectivity index (χ4v) is 2.22. The molecule has 0 spiro atoms. The van der Waals surface area contributed by atoms with Crippen molar-refractivity contribution >= 4 is 23.8 Å². The summed E-state index contributed by atoms with van der Waals surface area (Å²) in [6.45, 7) is 6.78. The fourth-order valence-electron chi connectivity index (χ4n) is 2.22. The smallest absolute Gasteiger partial charge is 0.407 e. The SMILES string of the molecule is CC(C)C(=O)CCNC(=O)OCCC(CO)NC(=O)CC(C(=O)O)C(C)C. The van der Waals surface area contributed by atoms with Crippen LogP contribution in [0.15, 0.2) is 0 Å². The second-order valence-corrected chi connectivity index (χ2v) is 7.06. The van der Waals surface area contributed by atoms with E-state index in [0.29, 0.717) is 0 Å². The molecule has 0 aromatic rings. The summed E-state index contributed by atoms with van der Waals surface area (Å²) in [4.78, 5) is 46.0. The van der Waals surface area contributed by atoms with E-state index in [1.54, 1.807) is 27.7 Å². The summed E-state index contributed by atoms with van der Waals surface area (Å²) < 4.78 is 4.94. The van der Waals surface area contributed by atoms with Gasteiger partial charge in [0, 0.05) is 31.7 Å². The average molecular weight is 388 g/mol. The number of aliphatic carboxylic acids is 1. The lowest BCUT2D eigenvalue weighted by molar-refractivity contribution is -0.145. The predicted octanol–water partition coefficient (Wildman–Crippen LogP) is 0.942. The molecular weight excluding hydrogens is 356 g/mol. The largest absolute Gasteiger partial charge is 0.481 e. The second-order valence-electron chi connectivity index (χ2n) is 7.06. The van der Waals surface area contributed by atoms with Crippen LogP contribution in [0, 0.1) is 17.8 Å². The maximum Gasteiger partial charge on any atom is 0.407 e. The first-order valence-corrected chi connectivity index (χ1v) is 9.14. The Bertz CT molecular complexity index is 506. The van der Waals surface area contributed by atoms with Gasteiger partial charge in [-0.1, -0.05) is 27.7 Å². The molecule has 0 bridgehead atoms. The Morgan fingerprint density at radius 3 is 2.19 bits per heavy atom. The quantitative estimate of drug-likeness (QED) is 0.368. The summed E-state index contributed by atoms with van der Waals surface area (Å²) >= 11 is 0. The van der Waals surface area contributed by atoms with Crippen LogP contribution in [0.2, 0.25) is 0 Å². The van der Waals surface area contributed by atoms with Crippen LogP contribution in [-0.2, 0) is 19.1 Å². The molecule has 27 heavy (non-hydrogen) atoms. The molecule has 0 aromatic heterocycles. The summed E-state index contributed by atoms with van der Waals surface area (Å²) in [6, 6.07) is -0.644. The molecule has 0 rings (SSSR count). The van der Waals surface area contributed by atoms with Gasteiger partial charge in [-0.3, -0.25) is 14.4 Å². The van der Waals surface area contributed by atoms with Gasteiger partial charge in [-0.15, -0.1) is 0 Å². The van der Waals surface area contributed by atoms with E-state index in [2.05, 4.69) is 10.6 Å². The number of carboxylic acids is 1. The minimum Gasteiger partial charge on any atom is -0.481 e. The minimum absolute atomic E-state index is 0.0397. The number of Topliss-reactive ketones (excluding diaryl/α,β-unsaturated/α-hetero) is 1. The van der Waals surface area contributed by atoms with Gasteiger partial charge in [0.15, 0.2) is 0 Å². The number of ketones is 1. The van der Waals surface area contributed by atoms with Crippen LogP contribution in [0.3, 0.4) is 0 Å². The van der Waals surface area contributed by atoms with Crippen LogP contribution >= 0.6 is 0 Å². The van der Waals surface area contributed by atoms with Crippen molar-refractivity contribution in [2.75, 3.05) is 19.8 Å². The first-order valence-electron chi connectivity index (χ1n) is 9.14. The maximum atomic E-state index is 12.0. The molecule has 0 aromatic carbocycles. The number of amides is 2. The maximum absolute atomic E-state index is 12.0. The first-order chi connectivity index (χ1) is 12.6. The van der Waals surface area contributed by atoms with E-state index in [9.17, 15) is 24.3 Å². The van der Waals surface area contributed by atoms with Gasteiger partial charge < -0.3 is 25.6 Å². The molecule has 2 amide bonds. The van der Waals surface area contributed by atoms with E-state index in [4.69, 9.17) is 9.84 Å². The summed E-state index contributed by atoms with van der Waals surface area (Å²) in [5, 5.41) is 23.4. The molecule has 0 radical (unpaired) electrons. The van der Waals surface area contributed by atoms with Crippen LogP contribution < -0.4 is 10.6 Å². The molecule has 0 heterocycles. The third-order valence-corrected chi connectivity index (χ3v) is 4.10. The molecule has 2 atom stereocenters. The van der Waals surface area contributed by atoms with Gasteiger partial charge in [-0.2, -0.15) is 0 Å². The Morgan fingerprint density at radius 2 is 1.70 bits per heavy atom. The van der Waals surface area contributed by atoms with Gasteiger partial charge in [0.05, 0.1) is 25.2 Å². The van der Waals surface area contributed by atoms with E-state index in [1.165, 1.54) is 0 Å². The summed E-state index contributed by atoms with van der Waals surface area (Å²) in [5.74, 6) is -2.58. The van der Waals surface area contributed by atoms with E-state index >= 15 is 0 Å². The lowest BCUT2D eigenvalue weighted by Gasteiger charge is -2.19. The fraction of sp³-hybridized carbons (Fsp3) is 0.778. The number of rotatable bonds is 13. The molecule has 9 heteroatoms. The van der Waals surface area contributed by atoms with E-state index in [0.717, 1.165) is 0 Å². The third kappa shape index (κ3) is 11.2. The van der Waals surface area contributed by atoms with Crippen LogP contribution in [0.5, 0.6) is 0 Å². The highest BCUT2D eigenvalue weighted by Gasteiger charge is 2.25. The number of hydrogen-bond acceptors (Lipinski definition) is 6. The second kappa shape index (κ2) is 13.1. The Kier molecular flexibility index (Phi) is 12.0. The van der Waals surface area contributed by atoms with Crippen molar-refractivity contribution in [3.63, 3.8) is 0 Å². The van der Waals surface area contributed by atoms with Gasteiger partial charge in [0.2, 0.25) is 5.91 Å². The zero-order valence-corrected chi connectivity index (χ0v) is 16.5. The lowest BCUT2D eigenvalue weighted by Crippen LogP contribution is -2.40. The zero-order valence-electron chi connectivity index (χ0n) is 16.5. The van der Waals surface area contributed by atoms with Crippen molar-refractivity contribution in [2.24, 2.45) is 17.8 Å². The Balaban J connectivity index is 4.16. The molecule has 0 aliphatic rings. The standard InChI is InChI=1S/C18H32N2O7/c1-11(2)14(17(24)25)9-16(23)20-13(10-21)6-8-27-18(26)19-7-5-15(22)12(3)4/h11-14,21H,5-10H2,1-4H3,(H,19,26)(H,20,23)(H,24,25). The highest BCUT2D eigenvalue weighted by molar-refractivity contribution is 5.82. The first kappa shape index (κ1) is 24.8. The lowest BCUT2D eigenvalue weighted by atomic mass is 9.92. The number of hydrogen-bond donors (Lipinski definition) is 4. The topological polar surface area (TPSA) is 142 Å². The van der Waals surface area contributed by atoms with Crippen molar-refractivity contribution < 1.29 is 34.1 Å². The van der Waals surface area contributed by atoms with Gasteiger partial charge >= 0.3 is 12.1 Å². The van der Waals surface area contributed by atoms with Gasteiger partial charge in [0.25, 0.3) is 0 Å². The molecule has 2 unspecified atom stereocenters. The molecule has 0 aliphatic heterocycles. The van der Waals surface area contributed by atoms with Crippen LogP contribution in [-0.4, -0.2) is 59.8 Å². The van der Waals surface area contributed by atoms with Gasteiger partial charge in [-0.25, -0.2) is 4.79 Å². The Hall–Kier alpha value is -2.16. The number of nitrogens with one attached hydrogen (secondary N) is 2. The normalized spacial score (nSPS) is 13.1. The van der Waals surface area contributed by atoms with Crippen LogP contribution in [0.4, 0.5) is 4.79 Å². The van der Waals surface area contributed by atoms with Gasteiger partial charge in [0.1, 0.15) is 5.78 Å². The minimum atomic E-state index is -1.04. The van der Waals surface area contributed by atoms with Crippen molar-refractivity contribution in [2.45, 2.75) is 53.0 Å². The molecule has 0 aliphatic carbocycles. The number of carbonyl (C=O) groups is 4. The number of carbonyl (C=O) groups excluding carboxylic acids is 3. The molecular formula is C18H32N2O7. The van der Waals surface area contributed by atoms with E-state index in [-0.39, 0.29) is 56.6 Å². The van der Waals surface area contributed by atoms with Crippen molar-refractivity contribution in [1.29, 1.82) is 0 Å². The van der Waals surface area contributed by atoms with Crippen LogP contribution in [0.1, 0.15) is 47.0 Å². The molecule has 0 saturated heterocycles. The number of carboxylic acid groups (broad SMARTS) is 1. The van der Waals surface area contributed by atoms with Crippen molar-refractivity contribution in [3.8, 4) is 0 Å². The molecule has 156 valence electrons. The molecule has 0 fully saturated rings. The summed E-state index contributed by atoms with van der Waals surface area (Å²) in [6.07, 6.45) is -0.461. The Labute approximate surface area is 159 Å². The van der Waals surface area contributed by atoms with Crippen molar-refractivity contribution in [1.82, 2.24) is 10.6 Å². The Morgan fingerprint density at radius 1 is 1.07 bits per heavy atom. The average Bonchev–Trinajstić information content (AvgIpc) is 2.57. The number of alkyl carbamates (subject to hydrolysis) is 1. The summed E-state index contributed by atoms with van der Waals surface area (Å²) in [7, 11) is 0.